The van der Waals surface area contributed by atoms with Gasteiger partial charge in [0.05, 0.1) is 12.2 Å². The van der Waals surface area contributed by atoms with Crippen LogP contribution in [0.1, 0.15) is 99.3 Å². The zero-order valence-corrected chi connectivity index (χ0v) is 21.3. The minimum atomic E-state index is 0. The third-order valence-electron chi connectivity index (χ3n) is 7.22. The van der Waals surface area contributed by atoms with Crippen LogP contribution in [0.5, 0.6) is 0 Å². The van der Waals surface area contributed by atoms with Crippen LogP contribution in [0.2, 0.25) is 0 Å². The highest BCUT2D eigenvalue weighted by molar-refractivity contribution is 5.29. The summed E-state index contributed by atoms with van der Waals surface area (Å²) in [4.78, 5) is 0. The summed E-state index contributed by atoms with van der Waals surface area (Å²) < 4.78 is 11.6. The number of benzene rings is 2. The molecule has 2 aromatic rings. The third-order valence-corrected chi connectivity index (χ3v) is 7.22. The Hall–Kier alpha value is -1.68. The molecular weight excluding hydrogens is 408 g/mol. The molecule has 0 saturated carbocycles. The highest BCUT2D eigenvalue weighted by atomic mass is 16.5. The van der Waals surface area contributed by atoms with Crippen LogP contribution >= 0.6 is 0 Å². The maximum atomic E-state index is 5.81. The van der Waals surface area contributed by atoms with Crippen LogP contribution in [0.4, 0.5) is 0 Å². The second kappa shape index (κ2) is 14.6. The van der Waals surface area contributed by atoms with Crippen molar-refractivity contribution in [2.45, 2.75) is 103 Å². The number of hydrogen-bond acceptors (Lipinski definition) is 2. The van der Waals surface area contributed by atoms with Gasteiger partial charge in [-0.25, -0.2) is 0 Å². The first-order valence-corrected chi connectivity index (χ1v) is 12.9. The summed E-state index contributed by atoms with van der Waals surface area (Å²) in [5.74, 6) is 1.23. The van der Waals surface area contributed by atoms with Gasteiger partial charge in [-0.3, -0.25) is 0 Å². The van der Waals surface area contributed by atoms with Crippen LogP contribution < -0.4 is 0 Å². The Labute approximate surface area is 202 Å². The molecule has 4 unspecified atom stereocenters. The van der Waals surface area contributed by atoms with Gasteiger partial charge in [-0.15, -0.1) is 0 Å². The molecule has 3 nitrogen and oxygen atoms in total. The van der Waals surface area contributed by atoms with E-state index in [1.54, 1.807) is 0 Å². The van der Waals surface area contributed by atoms with E-state index >= 15 is 0 Å². The molecule has 0 amide bonds. The molecule has 4 rings (SSSR count). The predicted octanol–water partition coefficient (Wildman–Crippen LogP) is 7.29. The Morgan fingerprint density at radius 3 is 1.39 bits per heavy atom. The second-order valence-corrected chi connectivity index (χ2v) is 9.96. The molecule has 0 aromatic heterocycles. The molecule has 4 atom stereocenters. The largest absolute Gasteiger partial charge is 0.412 e. The van der Waals surface area contributed by atoms with E-state index in [0.717, 1.165) is 13.2 Å². The molecule has 2 aliphatic heterocycles. The Balaban J connectivity index is 0.000000227. The second-order valence-electron chi connectivity index (χ2n) is 9.96. The van der Waals surface area contributed by atoms with Gasteiger partial charge in [-0.2, -0.15) is 0 Å². The van der Waals surface area contributed by atoms with Crippen molar-refractivity contribution in [3.05, 3.63) is 70.8 Å². The van der Waals surface area contributed by atoms with Gasteiger partial charge in [0.2, 0.25) is 0 Å². The highest BCUT2D eigenvalue weighted by Gasteiger charge is 2.19. The Morgan fingerprint density at radius 1 is 0.667 bits per heavy atom. The third kappa shape index (κ3) is 8.88. The topological polar surface area (TPSA) is 50.0 Å². The van der Waals surface area contributed by atoms with Crippen molar-refractivity contribution in [2.75, 3.05) is 13.2 Å². The van der Waals surface area contributed by atoms with E-state index in [2.05, 4.69) is 76.2 Å². The minimum absolute atomic E-state index is 0. The van der Waals surface area contributed by atoms with E-state index in [9.17, 15) is 0 Å². The van der Waals surface area contributed by atoms with E-state index in [1.807, 2.05) is 0 Å². The smallest absolute Gasteiger partial charge is 0.0580 e. The molecule has 2 saturated heterocycles. The maximum Gasteiger partial charge on any atom is 0.0580 e. The maximum absolute atomic E-state index is 5.81. The monoisotopic (exact) mass is 454 g/mol. The lowest BCUT2D eigenvalue weighted by Crippen LogP contribution is -2.21. The van der Waals surface area contributed by atoms with E-state index in [1.165, 1.54) is 73.6 Å². The predicted molar refractivity (Wildman–Crippen MR) is 139 cm³/mol. The molecule has 0 spiro atoms. The average molecular weight is 455 g/mol. The number of hydrogen-bond donors (Lipinski definition) is 0. The van der Waals surface area contributed by atoms with Gasteiger partial charge >= 0.3 is 0 Å². The van der Waals surface area contributed by atoms with Gasteiger partial charge < -0.3 is 14.9 Å². The molecule has 33 heavy (non-hydrogen) atoms. The van der Waals surface area contributed by atoms with Crippen LogP contribution in [-0.4, -0.2) is 30.9 Å². The van der Waals surface area contributed by atoms with Gasteiger partial charge in [-0.1, -0.05) is 62.4 Å². The number of aryl methyl sites for hydroxylation is 2. The first kappa shape index (κ1) is 27.6. The van der Waals surface area contributed by atoms with Crippen molar-refractivity contribution < 1.29 is 14.9 Å². The van der Waals surface area contributed by atoms with Gasteiger partial charge in [0, 0.05) is 13.2 Å². The van der Waals surface area contributed by atoms with Crippen LogP contribution in [0.25, 0.3) is 0 Å². The van der Waals surface area contributed by atoms with Crippen molar-refractivity contribution in [2.24, 2.45) is 0 Å². The highest BCUT2D eigenvalue weighted by Crippen LogP contribution is 2.29. The van der Waals surface area contributed by atoms with E-state index < -0.39 is 0 Å². The molecule has 184 valence electrons. The van der Waals surface area contributed by atoms with Crippen molar-refractivity contribution in [3.63, 3.8) is 0 Å². The van der Waals surface area contributed by atoms with Gasteiger partial charge in [0.25, 0.3) is 0 Å². The van der Waals surface area contributed by atoms with Crippen LogP contribution in [-0.2, 0) is 9.47 Å². The minimum Gasteiger partial charge on any atom is -0.412 e. The summed E-state index contributed by atoms with van der Waals surface area (Å²) in [6.07, 6.45) is 11.0. The normalized spacial score (nSPS) is 22.3. The zero-order valence-electron chi connectivity index (χ0n) is 21.3. The fourth-order valence-corrected chi connectivity index (χ4v) is 5.31. The summed E-state index contributed by atoms with van der Waals surface area (Å²) in [5, 5.41) is 0. The van der Waals surface area contributed by atoms with Crippen LogP contribution in [0.15, 0.2) is 48.5 Å². The molecule has 2 aliphatic rings. The molecule has 0 aliphatic carbocycles. The SMILES string of the molecule is Cc1ccccc1C(C)CC1CCCCO1.Cc1ccccc1C(C)CC1CCCCO1.O. The van der Waals surface area contributed by atoms with Gasteiger partial charge in [-0.05, 0) is 99.3 Å². The Bertz CT molecular complexity index is 723. The lowest BCUT2D eigenvalue weighted by Gasteiger charge is -2.26. The molecule has 2 N–H and O–H groups in total. The fourth-order valence-electron chi connectivity index (χ4n) is 5.31. The molecular formula is C30H46O3. The molecule has 3 heteroatoms. The van der Waals surface area contributed by atoms with Crippen molar-refractivity contribution in [1.82, 2.24) is 0 Å². The summed E-state index contributed by atoms with van der Waals surface area (Å²) in [7, 11) is 0. The Kier molecular flexibility index (Phi) is 12.2. The summed E-state index contributed by atoms with van der Waals surface area (Å²) in [6, 6.07) is 17.4. The van der Waals surface area contributed by atoms with Gasteiger partial charge in [0.1, 0.15) is 0 Å². The standard InChI is InChI=1S/2C15H22O.H2O/c2*1-12-7-3-4-9-15(12)13(2)11-14-8-5-6-10-16-14;/h2*3-4,7,9,13-14H,5-6,8,10-11H2,1-2H3;1H2. The molecule has 0 bridgehead atoms. The first-order valence-electron chi connectivity index (χ1n) is 12.9. The summed E-state index contributed by atoms with van der Waals surface area (Å²) in [5.41, 5.74) is 5.78. The fraction of sp³-hybridized carbons (Fsp3) is 0.600. The average Bonchev–Trinajstić information content (AvgIpc) is 2.81. The van der Waals surface area contributed by atoms with Gasteiger partial charge in [0.15, 0.2) is 0 Å². The molecule has 2 fully saturated rings. The van der Waals surface area contributed by atoms with E-state index in [4.69, 9.17) is 9.47 Å². The molecule has 2 aromatic carbocycles. The number of rotatable bonds is 6. The molecule has 0 radical (unpaired) electrons. The number of ether oxygens (including phenoxy) is 2. The quantitative estimate of drug-likeness (QED) is 0.460. The van der Waals surface area contributed by atoms with Crippen LogP contribution in [0.3, 0.4) is 0 Å². The summed E-state index contributed by atoms with van der Waals surface area (Å²) in [6.45, 7) is 11.0. The lowest BCUT2D eigenvalue weighted by atomic mass is 9.90. The van der Waals surface area contributed by atoms with Crippen molar-refractivity contribution >= 4 is 0 Å². The van der Waals surface area contributed by atoms with E-state index in [0.29, 0.717) is 24.0 Å². The Morgan fingerprint density at radius 2 is 1.06 bits per heavy atom. The zero-order chi connectivity index (χ0) is 22.8. The van der Waals surface area contributed by atoms with Crippen LogP contribution in [0, 0.1) is 13.8 Å². The van der Waals surface area contributed by atoms with E-state index in [-0.39, 0.29) is 5.48 Å². The van der Waals surface area contributed by atoms with Crippen molar-refractivity contribution in [3.8, 4) is 0 Å². The van der Waals surface area contributed by atoms with Crippen molar-refractivity contribution in [1.29, 1.82) is 0 Å². The summed E-state index contributed by atoms with van der Waals surface area (Å²) >= 11 is 0. The lowest BCUT2D eigenvalue weighted by molar-refractivity contribution is 0.00774. The molecule has 2 heterocycles. The first-order chi connectivity index (χ1) is 15.5.